The molecule has 0 fully saturated rings. The molecule has 0 unspecified atom stereocenters. The van der Waals surface area contributed by atoms with Crippen LogP contribution in [0.3, 0.4) is 0 Å². The Kier molecular flexibility index (Phi) is 6.36. The van der Waals surface area contributed by atoms with Crippen molar-refractivity contribution in [3.63, 3.8) is 0 Å². The fourth-order valence-electron chi connectivity index (χ4n) is 1.68. The zero-order valence-electron chi connectivity index (χ0n) is 13.2. The lowest BCUT2D eigenvalue weighted by atomic mass is 10.1. The fourth-order valence-corrected chi connectivity index (χ4v) is 1.68. The molecule has 8 nitrogen and oxygen atoms in total. The maximum absolute atomic E-state index is 8.76. The van der Waals surface area contributed by atoms with Crippen LogP contribution in [0.1, 0.15) is 33.6 Å². The van der Waals surface area contributed by atoms with Crippen molar-refractivity contribution >= 4 is 17.3 Å². The molecule has 0 aliphatic heterocycles. The van der Waals surface area contributed by atoms with Crippen LogP contribution in [0.15, 0.2) is 6.33 Å². The molecular weight excluding hydrogens is 280 g/mol. The first kappa shape index (κ1) is 17.5. The zero-order valence-corrected chi connectivity index (χ0v) is 13.2. The van der Waals surface area contributed by atoms with E-state index in [1.807, 2.05) is 25.7 Å². The number of hydrazine groups is 1. The Morgan fingerprint density at radius 3 is 2.27 bits per heavy atom. The second-order valence-corrected chi connectivity index (χ2v) is 5.76. The number of nitrogens with one attached hydrogen (secondary N) is 2. The van der Waals surface area contributed by atoms with Crippen LogP contribution in [0.2, 0.25) is 0 Å². The average molecular weight is 302 g/mol. The third-order valence-electron chi connectivity index (χ3n) is 2.71. The quantitative estimate of drug-likeness (QED) is 0.645. The van der Waals surface area contributed by atoms with Gasteiger partial charge in [0.1, 0.15) is 12.0 Å². The van der Waals surface area contributed by atoms with Gasteiger partial charge in [0.25, 0.3) is 0 Å². The third kappa shape index (κ3) is 5.43. The van der Waals surface area contributed by atoms with Crippen LogP contribution in [0.25, 0.3) is 0 Å². The maximum Gasteiger partial charge on any atom is 0.169 e. The number of nitrogen functional groups attached to an aromatic ring is 1. The molecular formula is C14H22N8. The summed E-state index contributed by atoms with van der Waals surface area (Å²) in [5, 5.41) is 17.5. The minimum atomic E-state index is -0.154. The Bertz CT molecular complexity index is 546. The Balaban J connectivity index is 2.96. The summed E-state index contributed by atoms with van der Waals surface area (Å²) < 4.78 is 0. The highest BCUT2D eigenvalue weighted by Gasteiger charge is 2.16. The van der Waals surface area contributed by atoms with Crippen molar-refractivity contribution in [1.82, 2.24) is 15.4 Å². The number of nitrogens with two attached hydrogens (primary N) is 1. The lowest BCUT2D eigenvalue weighted by molar-refractivity contribution is 0.464. The van der Waals surface area contributed by atoms with E-state index < -0.39 is 0 Å². The summed E-state index contributed by atoms with van der Waals surface area (Å²) in [5.74, 6) is 0.998. The number of anilines is 3. The van der Waals surface area contributed by atoms with E-state index >= 15 is 0 Å². The van der Waals surface area contributed by atoms with E-state index in [-0.39, 0.29) is 5.54 Å². The first-order valence-corrected chi connectivity index (χ1v) is 7.01. The van der Waals surface area contributed by atoms with Crippen LogP contribution >= 0.6 is 0 Å². The van der Waals surface area contributed by atoms with Gasteiger partial charge in [-0.1, -0.05) is 0 Å². The van der Waals surface area contributed by atoms with Gasteiger partial charge in [-0.3, -0.25) is 0 Å². The molecule has 0 bridgehead atoms. The maximum atomic E-state index is 8.76. The molecule has 0 spiro atoms. The molecule has 1 heterocycles. The Labute approximate surface area is 130 Å². The second kappa shape index (κ2) is 8.01. The molecule has 0 aliphatic carbocycles. The second-order valence-electron chi connectivity index (χ2n) is 5.76. The van der Waals surface area contributed by atoms with Gasteiger partial charge in [-0.15, -0.1) is 0 Å². The van der Waals surface area contributed by atoms with Crippen LogP contribution in [0, 0.1) is 22.7 Å². The highest BCUT2D eigenvalue weighted by Crippen LogP contribution is 2.26. The molecule has 0 saturated carbocycles. The summed E-state index contributed by atoms with van der Waals surface area (Å²) in [5.41, 5.74) is 12.4. The van der Waals surface area contributed by atoms with Gasteiger partial charge in [-0.2, -0.15) is 10.5 Å². The van der Waals surface area contributed by atoms with Gasteiger partial charge in [0, 0.05) is 18.6 Å². The highest BCUT2D eigenvalue weighted by atomic mass is 15.4. The van der Waals surface area contributed by atoms with E-state index in [0.717, 1.165) is 0 Å². The summed E-state index contributed by atoms with van der Waals surface area (Å²) in [4.78, 5) is 10.1. The predicted octanol–water partition coefficient (Wildman–Crippen LogP) is 1.41. The minimum Gasteiger partial charge on any atom is -0.393 e. The molecule has 0 radical (unpaired) electrons. The van der Waals surface area contributed by atoms with Gasteiger partial charge in [-0.25, -0.2) is 15.4 Å². The van der Waals surface area contributed by atoms with Crippen LogP contribution in [0.4, 0.5) is 17.3 Å². The summed E-state index contributed by atoms with van der Waals surface area (Å²) in [6.07, 6.45) is 2.07. The van der Waals surface area contributed by atoms with Gasteiger partial charge in [0.15, 0.2) is 11.6 Å². The van der Waals surface area contributed by atoms with E-state index in [1.165, 1.54) is 6.33 Å². The first-order valence-electron chi connectivity index (χ1n) is 7.01. The van der Waals surface area contributed by atoms with Gasteiger partial charge in [0.05, 0.1) is 25.0 Å². The number of rotatable bonds is 7. The van der Waals surface area contributed by atoms with E-state index in [2.05, 4.69) is 33.0 Å². The average Bonchev–Trinajstić information content (AvgIpc) is 2.46. The molecule has 118 valence electrons. The predicted molar refractivity (Wildman–Crippen MR) is 85.6 cm³/mol. The third-order valence-corrected chi connectivity index (χ3v) is 2.71. The molecule has 22 heavy (non-hydrogen) atoms. The largest absolute Gasteiger partial charge is 0.393 e. The number of nitriles is 2. The van der Waals surface area contributed by atoms with Gasteiger partial charge >= 0.3 is 0 Å². The summed E-state index contributed by atoms with van der Waals surface area (Å²) >= 11 is 0. The fraction of sp³-hybridized carbons (Fsp3) is 0.571. The smallest absolute Gasteiger partial charge is 0.169 e. The van der Waals surface area contributed by atoms with Crippen molar-refractivity contribution in [2.24, 2.45) is 0 Å². The molecule has 0 aromatic carbocycles. The summed E-state index contributed by atoms with van der Waals surface area (Å²) in [6, 6.07) is 4.17. The Morgan fingerprint density at radius 2 is 1.77 bits per heavy atom. The van der Waals surface area contributed by atoms with Crippen LogP contribution in [0.5, 0.6) is 0 Å². The highest BCUT2D eigenvalue weighted by molar-refractivity contribution is 5.74. The van der Waals surface area contributed by atoms with Crippen LogP contribution in [-0.4, -0.2) is 28.6 Å². The molecule has 4 N–H and O–H groups in total. The van der Waals surface area contributed by atoms with Gasteiger partial charge in [0.2, 0.25) is 0 Å². The number of aromatic nitrogens is 2. The first-order chi connectivity index (χ1) is 10.4. The molecule has 0 atom stereocenters. The van der Waals surface area contributed by atoms with Crippen molar-refractivity contribution in [2.75, 3.05) is 29.1 Å². The molecule has 1 rings (SSSR count). The Morgan fingerprint density at radius 1 is 1.18 bits per heavy atom. The monoisotopic (exact) mass is 302 g/mol. The number of nitrogens with zero attached hydrogens (tertiary/aromatic N) is 5. The molecule has 0 saturated heterocycles. The van der Waals surface area contributed by atoms with Crippen LogP contribution in [-0.2, 0) is 0 Å². The van der Waals surface area contributed by atoms with Crippen LogP contribution < -0.4 is 21.5 Å². The molecule has 8 heteroatoms. The zero-order chi connectivity index (χ0) is 16.6. The lowest BCUT2D eigenvalue weighted by Gasteiger charge is -2.25. The van der Waals surface area contributed by atoms with Gasteiger partial charge < -0.3 is 16.1 Å². The SMILES string of the molecule is CC(C)(C)NNc1ncnc(N(CCC#N)CCC#N)c1N. The summed E-state index contributed by atoms with van der Waals surface area (Å²) in [6.45, 7) is 6.94. The van der Waals surface area contributed by atoms with Crippen molar-refractivity contribution in [3.8, 4) is 12.1 Å². The normalized spacial score (nSPS) is 10.6. The van der Waals surface area contributed by atoms with E-state index in [1.54, 1.807) is 0 Å². The number of hydrogen-bond acceptors (Lipinski definition) is 8. The van der Waals surface area contributed by atoms with Crippen molar-refractivity contribution in [1.29, 1.82) is 10.5 Å². The topological polar surface area (TPSA) is 127 Å². The van der Waals surface area contributed by atoms with E-state index in [4.69, 9.17) is 16.3 Å². The lowest BCUT2D eigenvalue weighted by Crippen LogP contribution is -2.40. The summed E-state index contributed by atoms with van der Waals surface area (Å²) in [7, 11) is 0. The molecule has 1 aromatic rings. The molecule has 1 aromatic heterocycles. The van der Waals surface area contributed by atoms with Crippen molar-refractivity contribution in [3.05, 3.63) is 6.33 Å². The molecule has 0 amide bonds. The number of hydrogen-bond donors (Lipinski definition) is 3. The Hall–Kier alpha value is -2.58. The van der Waals surface area contributed by atoms with E-state index in [0.29, 0.717) is 43.3 Å². The minimum absolute atomic E-state index is 0.154. The van der Waals surface area contributed by atoms with Crippen molar-refractivity contribution in [2.45, 2.75) is 39.2 Å². The standard InChI is InChI=1S/C14H22N8/c1-14(2,3)21-20-12-11(17)13(19-10-18-12)22(8-4-6-15)9-5-7-16/h10,21H,4-5,8-9,17H2,1-3H3,(H,18,19,20). The van der Waals surface area contributed by atoms with E-state index in [9.17, 15) is 0 Å². The van der Waals surface area contributed by atoms with Gasteiger partial charge in [-0.05, 0) is 20.8 Å². The molecule has 0 aliphatic rings. The van der Waals surface area contributed by atoms with Crippen molar-refractivity contribution < 1.29 is 0 Å².